The third kappa shape index (κ3) is 3.44. The van der Waals surface area contributed by atoms with E-state index in [1.54, 1.807) is 12.1 Å². The zero-order chi connectivity index (χ0) is 10.6. The topological polar surface area (TPSA) is 32.3 Å². The average molecular weight is 283 g/mol. The van der Waals surface area contributed by atoms with Crippen molar-refractivity contribution in [2.24, 2.45) is 0 Å². The molecular weight excluding hydrogens is 272 g/mol. The van der Waals surface area contributed by atoms with Gasteiger partial charge in [0, 0.05) is 11.0 Å². The van der Waals surface area contributed by atoms with Gasteiger partial charge in [-0.2, -0.15) is 0 Å². The van der Waals surface area contributed by atoms with Crippen molar-refractivity contribution in [3.63, 3.8) is 0 Å². The van der Waals surface area contributed by atoms with Gasteiger partial charge in [-0.25, -0.2) is 4.39 Å². The van der Waals surface area contributed by atoms with E-state index in [0.29, 0.717) is 10.2 Å². The monoisotopic (exact) mass is 281 g/mol. The van der Waals surface area contributed by atoms with E-state index in [0.717, 1.165) is 0 Å². The summed E-state index contributed by atoms with van der Waals surface area (Å²) in [7, 11) is 0. The van der Waals surface area contributed by atoms with E-state index in [9.17, 15) is 4.39 Å². The van der Waals surface area contributed by atoms with Crippen molar-refractivity contribution in [1.29, 1.82) is 0 Å². The van der Waals surface area contributed by atoms with Crippen LogP contribution in [-0.2, 0) is 0 Å². The number of aliphatic hydroxyl groups excluding tert-OH is 1. The lowest BCUT2D eigenvalue weighted by Crippen LogP contribution is -2.21. The fourth-order valence-electron chi connectivity index (χ4n) is 0.915. The van der Waals surface area contributed by atoms with Gasteiger partial charge in [0.2, 0.25) is 0 Å². The Balaban J connectivity index is 2.59. The van der Waals surface area contributed by atoms with Crippen LogP contribution < -0.4 is 5.32 Å². The van der Waals surface area contributed by atoms with Gasteiger partial charge < -0.3 is 10.4 Å². The molecule has 0 aliphatic rings. The van der Waals surface area contributed by atoms with E-state index in [1.165, 1.54) is 6.07 Å². The van der Waals surface area contributed by atoms with Crippen LogP contribution in [-0.4, -0.2) is 23.6 Å². The minimum atomic E-state index is -0.667. The second-order valence-corrected chi connectivity index (χ2v) is 4.04. The molecule has 0 radical (unpaired) electrons. The standard InChI is InChI=1S/C9H10BrClFNO/c10-6-1-2-9(8(12)3-6)13-5-7(14)4-11/h1-3,7,13-14H,4-5H2. The van der Waals surface area contributed by atoms with E-state index in [4.69, 9.17) is 16.7 Å². The van der Waals surface area contributed by atoms with E-state index < -0.39 is 6.10 Å². The molecule has 0 spiro atoms. The molecule has 0 aliphatic heterocycles. The molecule has 1 rings (SSSR count). The summed E-state index contributed by atoms with van der Waals surface area (Å²) < 4.78 is 13.9. The van der Waals surface area contributed by atoms with Crippen LogP contribution in [0.3, 0.4) is 0 Å². The number of anilines is 1. The minimum absolute atomic E-state index is 0.130. The van der Waals surface area contributed by atoms with Gasteiger partial charge in [0.25, 0.3) is 0 Å². The Kier molecular flexibility index (Phi) is 4.65. The summed E-state index contributed by atoms with van der Waals surface area (Å²) in [4.78, 5) is 0. The Morgan fingerprint density at radius 2 is 2.29 bits per heavy atom. The Bertz CT molecular complexity index is 311. The number of alkyl halides is 1. The van der Waals surface area contributed by atoms with Gasteiger partial charge in [-0.15, -0.1) is 11.6 Å². The predicted octanol–water partition coefficient (Wildman–Crippen LogP) is 2.60. The molecule has 0 amide bonds. The fraction of sp³-hybridized carbons (Fsp3) is 0.333. The molecule has 0 aliphatic carbocycles. The largest absolute Gasteiger partial charge is 0.390 e. The lowest BCUT2D eigenvalue weighted by Gasteiger charge is -2.10. The number of halogens is 3. The van der Waals surface area contributed by atoms with Crippen LogP contribution in [0.2, 0.25) is 0 Å². The maximum Gasteiger partial charge on any atom is 0.147 e. The SMILES string of the molecule is OC(CCl)CNc1ccc(Br)cc1F. The van der Waals surface area contributed by atoms with Gasteiger partial charge in [0.05, 0.1) is 17.7 Å². The zero-order valence-electron chi connectivity index (χ0n) is 7.30. The molecular formula is C9H10BrClFNO. The second kappa shape index (κ2) is 5.53. The first-order valence-electron chi connectivity index (χ1n) is 4.06. The van der Waals surface area contributed by atoms with E-state index >= 15 is 0 Å². The van der Waals surface area contributed by atoms with Gasteiger partial charge in [0.15, 0.2) is 0 Å². The number of aliphatic hydroxyl groups is 1. The first kappa shape index (κ1) is 11.8. The molecule has 0 saturated carbocycles. The van der Waals surface area contributed by atoms with Gasteiger partial charge in [0.1, 0.15) is 5.82 Å². The molecule has 2 nitrogen and oxygen atoms in total. The van der Waals surface area contributed by atoms with Crippen molar-refractivity contribution in [3.05, 3.63) is 28.5 Å². The molecule has 78 valence electrons. The third-order valence-corrected chi connectivity index (χ3v) is 2.49. The van der Waals surface area contributed by atoms with Crippen molar-refractivity contribution >= 4 is 33.2 Å². The zero-order valence-corrected chi connectivity index (χ0v) is 9.65. The number of benzene rings is 1. The smallest absolute Gasteiger partial charge is 0.147 e. The Morgan fingerprint density at radius 3 is 2.86 bits per heavy atom. The predicted molar refractivity (Wildman–Crippen MR) is 59.3 cm³/mol. The van der Waals surface area contributed by atoms with Crippen LogP contribution in [0, 0.1) is 5.82 Å². The Hall–Kier alpha value is -0.320. The number of hydrogen-bond acceptors (Lipinski definition) is 2. The van der Waals surface area contributed by atoms with Crippen LogP contribution in [0.25, 0.3) is 0 Å². The van der Waals surface area contributed by atoms with Gasteiger partial charge in [-0.1, -0.05) is 15.9 Å². The van der Waals surface area contributed by atoms with Crippen molar-refractivity contribution in [2.75, 3.05) is 17.7 Å². The van der Waals surface area contributed by atoms with Crippen molar-refractivity contribution in [3.8, 4) is 0 Å². The van der Waals surface area contributed by atoms with Crippen LogP contribution in [0.1, 0.15) is 0 Å². The first-order valence-corrected chi connectivity index (χ1v) is 5.39. The molecule has 0 aromatic heterocycles. The van der Waals surface area contributed by atoms with Crippen molar-refractivity contribution in [1.82, 2.24) is 0 Å². The molecule has 1 atom stereocenters. The summed E-state index contributed by atoms with van der Waals surface area (Å²) >= 11 is 8.54. The quantitative estimate of drug-likeness (QED) is 0.832. The normalized spacial score (nSPS) is 12.6. The summed E-state index contributed by atoms with van der Waals surface area (Å²) in [5, 5.41) is 11.9. The van der Waals surface area contributed by atoms with E-state index in [1.807, 2.05) is 0 Å². The van der Waals surface area contributed by atoms with E-state index in [-0.39, 0.29) is 18.2 Å². The van der Waals surface area contributed by atoms with Crippen LogP contribution in [0.5, 0.6) is 0 Å². The highest BCUT2D eigenvalue weighted by atomic mass is 79.9. The van der Waals surface area contributed by atoms with Crippen LogP contribution in [0.15, 0.2) is 22.7 Å². The molecule has 0 fully saturated rings. The summed E-state index contributed by atoms with van der Waals surface area (Å²) in [6.07, 6.45) is -0.667. The molecule has 0 saturated heterocycles. The molecule has 14 heavy (non-hydrogen) atoms. The minimum Gasteiger partial charge on any atom is -0.390 e. The summed E-state index contributed by atoms with van der Waals surface area (Å²) in [5.41, 5.74) is 0.359. The highest BCUT2D eigenvalue weighted by Crippen LogP contribution is 2.19. The maximum atomic E-state index is 13.2. The van der Waals surface area contributed by atoms with Gasteiger partial charge in [-0.05, 0) is 18.2 Å². The molecule has 5 heteroatoms. The van der Waals surface area contributed by atoms with Crippen molar-refractivity contribution in [2.45, 2.75) is 6.10 Å². The lowest BCUT2D eigenvalue weighted by atomic mass is 10.3. The highest BCUT2D eigenvalue weighted by Gasteiger charge is 2.05. The third-order valence-electron chi connectivity index (χ3n) is 1.64. The highest BCUT2D eigenvalue weighted by molar-refractivity contribution is 9.10. The first-order chi connectivity index (χ1) is 6.63. The van der Waals surface area contributed by atoms with Crippen molar-refractivity contribution < 1.29 is 9.50 Å². The number of nitrogens with one attached hydrogen (secondary N) is 1. The molecule has 0 bridgehead atoms. The average Bonchev–Trinajstić information content (AvgIpc) is 2.16. The maximum absolute atomic E-state index is 13.2. The van der Waals surface area contributed by atoms with E-state index in [2.05, 4.69) is 21.2 Å². The molecule has 1 aromatic carbocycles. The number of hydrogen-bond donors (Lipinski definition) is 2. The molecule has 1 aromatic rings. The van der Waals surface area contributed by atoms with Crippen LogP contribution in [0.4, 0.5) is 10.1 Å². The Labute approximate surface area is 95.2 Å². The molecule has 1 unspecified atom stereocenters. The number of rotatable bonds is 4. The molecule has 0 heterocycles. The summed E-state index contributed by atoms with van der Waals surface area (Å²) in [6.45, 7) is 0.238. The summed E-state index contributed by atoms with van der Waals surface area (Å²) in [6, 6.07) is 4.67. The Morgan fingerprint density at radius 1 is 1.57 bits per heavy atom. The molecule has 2 N–H and O–H groups in total. The second-order valence-electron chi connectivity index (χ2n) is 2.81. The summed E-state index contributed by atoms with van der Waals surface area (Å²) in [5.74, 6) is -0.230. The lowest BCUT2D eigenvalue weighted by molar-refractivity contribution is 0.211. The van der Waals surface area contributed by atoms with Crippen LogP contribution >= 0.6 is 27.5 Å². The van der Waals surface area contributed by atoms with Gasteiger partial charge in [-0.3, -0.25) is 0 Å². The fourth-order valence-corrected chi connectivity index (χ4v) is 1.36. The van der Waals surface area contributed by atoms with Gasteiger partial charge >= 0.3 is 0 Å².